The number of piperidine rings is 2. The fourth-order valence-corrected chi connectivity index (χ4v) is 3.53. The number of likely N-dealkylation sites (tertiary alicyclic amines) is 2. The Bertz CT molecular complexity index is 302. The lowest BCUT2D eigenvalue weighted by Crippen LogP contribution is -2.56. The number of amides is 1. The van der Waals surface area contributed by atoms with Crippen molar-refractivity contribution < 1.29 is 4.79 Å². The second-order valence-electron chi connectivity index (χ2n) is 6.32. The van der Waals surface area contributed by atoms with Gasteiger partial charge in [0.15, 0.2) is 0 Å². The van der Waals surface area contributed by atoms with E-state index in [9.17, 15) is 4.79 Å². The minimum absolute atomic E-state index is 0.000787. The molecule has 1 amide bonds. The van der Waals surface area contributed by atoms with Crippen molar-refractivity contribution in [2.24, 2.45) is 11.7 Å². The lowest BCUT2D eigenvalue weighted by molar-refractivity contribution is -0.139. The number of hydrogen-bond donors (Lipinski definition) is 1. The minimum Gasteiger partial charge on any atom is -0.341 e. The fraction of sp³-hybridized carbons (Fsp3) is 0.933. The molecule has 0 saturated carbocycles. The first-order valence-corrected chi connectivity index (χ1v) is 7.88. The van der Waals surface area contributed by atoms with E-state index < -0.39 is 0 Å². The molecule has 110 valence electrons. The molecule has 2 aliphatic heterocycles. The van der Waals surface area contributed by atoms with Crippen LogP contribution in [0.2, 0.25) is 0 Å². The Morgan fingerprint density at radius 3 is 2.58 bits per heavy atom. The van der Waals surface area contributed by atoms with Crippen LogP contribution in [0, 0.1) is 5.92 Å². The van der Waals surface area contributed by atoms with Gasteiger partial charge in [0.25, 0.3) is 0 Å². The third kappa shape index (κ3) is 3.48. The first-order chi connectivity index (χ1) is 9.13. The van der Waals surface area contributed by atoms with Crippen LogP contribution in [0.25, 0.3) is 0 Å². The van der Waals surface area contributed by atoms with Gasteiger partial charge in [0.05, 0.1) is 6.04 Å². The van der Waals surface area contributed by atoms with Crippen LogP contribution in [0.3, 0.4) is 0 Å². The highest BCUT2D eigenvalue weighted by Gasteiger charge is 2.33. The molecule has 0 aromatic heterocycles. The molecule has 2 rings (SSSR count). The maximum Gasteiger partial charge on any atom is 0.239 e. The van der Waals surface area contributed by atoms with E-state index >= 15 is 0 Å². The second kappa shape index (κ2) is 6.71. The highest BCUT2D eigenvalue weighted by atomic mass is 16.2. The lowest BCUT2D eigenvalue weighted by atomic mass is 9.91. The highest BCUT2D eigenvalue weighted by molar-refractivity contribution is 5.81. The van der Waals surface area contributed by atoms with Crippen LogP contribution in [0.15, 0.2) is 0 Å². The summed E-state index contributed by atoms with van der Waals surface area (Å²) in [4.78, 5) is 17.0. The predicted octanol–water partition coefficient (Wildman–Crippen LogP) is 1.45. The van der Waals surface area contributed by atoms with Gasteiger partial charge in [-0.2, -0.15) is 0 Å². The van der Waals surface area contributed by atoms with E-state index in [4.69, 9.17) is 5.73 Å². The fourth-order valence-electron chi connectivity index (χ4n) is 3.53. The van der Waals surface area contributed by atoms with E-state index in [1.165, 1.54) is 12.8 Å². The second-order valence-corrected chi connectivity index (χ2v) is 6.32. The summed E-state index contributed by atoms with van der Waals surface area (Å²) in [6.45, 7) is 7.93. The zero-order chi connectivity index (χ0) is 13.8. The van der Waals surface area contributed by atoms with Crippen molar-refractivity contribution in [1.82, 2.24) is 9.80 Å². The van der Waals surface area contributed by atoms with Crippen LogP contribution in [0.5, 0.6) is 0 Å². The molecule has 0 aromatic carbocycles. The minimum atomic E-state index is -0.000787. The summed E-state index contributed by atoms with van der Waals surface area (Å²) in [5.74, 6) is 1.05. The average molecular weight is 267 g/mol. The summed E-state index contributed by atoms with van der Waals surface area (Å²) in [6.07, 6.45) is 5.92. The van der Waals surface area contributed by atoms with Gasteiger partial charge in [-0.3, -0.25) is 9.69 Å². The summed E-state index contributed by atoms with van der Waals surface area (Å²) >= 11 is 0. The molecular weight excluding hydrogens is 238 g/mol. The van der Waals surface area contributed by atoms with E-state index in [2.05, 4.69) is 23.6 Å². The third-order valence-electron chi connectivity index (χ3n) is 4.82. The van der Waals surface area contributed by atoms with Gasteiger partial charge < -0.3 is 10.6 Å². The normalized spacial score (nSPS) is 31.2. The first-order valence-electron chi connectivity index (χ1n) is 7.88. The summed E-state index contributed by atoms with van der Waals surface area (Å²) in [5.41, 5.74) is 5.91. The third-order valence-corrected chi connectivity index (χ3v) is 4.82. The van der Waals surface area contributed by atoms with Crippen LogP contribution in [-0.2, 0) is 4.79 Å². The van der Waals surface area contributed by atoms with Gasteiger partial charge >= 0.3 is 0 Å². The molecule has 2 heterocycles. The van der Waals surface area contributed by atoms with Crippen molar-refractivity contribution >= 4 is 5.91 Å². The maximum atomic E-state index is 12.6. The molecule has 0 aliphatic carbocycles. The number of hydrogen-bond acceptors (Lipinski definition) is 3. The molecular formula is C15H29N3O. The highest BCUT2D eigenvalue weighted by Crippen LogP contribution is 2.25. The quantitative estimate of drug-likeness (QED) is 0.842. The van der Waals surface area contributed by atoms with E-state index in [1.54, 1.807) is 0 Å². The van der Waals surface area contributed by atoms with E-state index in [0.717, 1.165) is 44.8 Å². The molecule has 2 saturated heterocycles. The van der Waals surface area contributed by atoms with Crippen LogP contribution in [-0.4, -0.2) is 54.0 Å². The Labute approximate surface area is 117 Å². The van der Waals surface area contributed by atoms with E-state index in [0.29, 0.717) is 18.5 Å². The van der Waals surface area contributed by atoms with Crippen molar-refractivity contribution in [1.29, 1.82) is 0 Å². The number of nitrogens with two attached hydrogens (primary N) is 1. The average Bonchev–Trinajstić information content (AvgIpc) is 2.46. The Balaban J connectivity index is 1.96. The number of rotatable bonds is 3. The smallest absolute Gasteiger partial charge is 0.239 e. The molecule has 4 heteroatoms. The monoisotopic (exact) mass is 267 g/mol. The topological polar surface area (TPSA) is 49.6 Å². The zero-order valence-corrected chi connectivity index (χ0v) is 12.5. The van der Waals surface area contributed by atoms with Crippen molar-refractivity contribution in [3.8, 4) is 0 Å². The van der Waals surface area contributed by atoms with Gasteiger partial charge in [0, 0.05) is 25.7 Å². The molecule has 2 fully saturated rings. The standard InChI is InChI=1S/C15H29N3O/c1-12-6-9-18(14(10-12)11-16)13(2)15(19)17-7-4-3-5-8-17/h12-14H,3-11,16H2,1-2H3. The van der Waals surface area contributed by atoms with Gasteiger partial charge in [-0.25, -0.2) is 0 Å². The molecule has 0 aromatic rings. The van der Waals surface area contributed by atoms with Gasteiger partial charge in [-0.1, -0.05) is 6.92 Å². The Morgan fingerprint density at radius 2 is 1.95 bits per heavy atom. The number of carbonyl (C=O) groups is 1. The molecule has 2 aliphatic rings. The Hall–Kier alpha value is -0.610. The van der Waals surface area contributed by atoms with E-state index in [-0.39, 0.29) is 6.04 Å². The van der Waals surface area contributed by atoms with Gasteiger partial charge in [0.1, 0.15) is 0 Å². The molecule has 3 unspecified atom stereocenters. The number of nitrogens with zero attached hydrogens (tertiary/aromatic N) is 2. The molecule has 0 spiro atoms. The van der Waals surface area contributed by atoms with Crippen molar-refractivity contribution in [2.75, 3.05) is 26.2 Å². The Kier molecular flexibility index (Phi) is 5.22. The van der Waals surface area contributed by atoms with Crippen LogP contribution in [0.4, 0.5) is 0 Å². The molecule has 3 atom stereocenters. The zero-order valence-electron chi connectivity index (χ0n) is 12.5. The van der Waals surface area contributed by atoms with Gasteiger partial charge in [-0.15, -0.1) is 0 Å². The summed E-state index contributed by atoms with van der Waals surface area (Å²) in [6, 6.07) is 0.381. The van der Waals surface area contributed by atoms with Crippen LogP contribution < -0.4 is 5.73 Å². The summed E-state index contributed by atoms with van der Waals surface area (Å²) in [5, 5.41) is 0. The molecule has 4 nitrogen and oxygen atoms in total. The van der Waals surface area contributed by atoms with Crippen LogP contribution in [0.1, 0.15) is 46.0 Å². The van der Waals surface area contributed by atoms with Crippen LogP contribution >= 0.6 is 0 Å². The van der Waals surface area contributed by atoms with Crippen molar-refractivity contribution in [3.05, 3.63) is 0 Å². The lowest BCUT2D eigenvalue weighted by Gasteiger charge is -2.42. The van der Waals surface area contributed by atoms with Crippen molar-refractivity contribution in [2.45, 2.75) is 58.0 Å². The largest absolute Gasteiger partial charge is 0.341 e. The molecule has 0 bridgehead atoms. The van der Waals surface area contributed by atoms with Gasteiger partial charge in [-0.05, 0) is 51.5 Å². The molecule has 2 N–H and O–H groups in total. The molecule has 0 radical (unpaired) electrons. The predicted molar refractivity (Wildman–Crippen MR) is 77.8 cm³/mol. The van der Waals surface area contributed by atoms with E-state index in [1.807, 2.05) is 0 Å². The summed E-state index contributed by atoms with van der Waals surface area (Å²) < 4.78 is 0. The number of carbonyl (C=O) groups excluding carboxylic acids is 1. The maximum absolute atomic E-state index is 12.6. The Morgan fingerprint density at radius 1 is 1.26 bits per heavy atom. The first kappa shape index (κ1) is 14.8. The summed E-state index contributed by atoms with van der Waals surface area (Å²) in [7, 11) is 0. The van der Waals surface area contributed by atoms with Crippen molar-refractivity contribution in [3.63, 3.8) is 0 Å². The molecule has 19 heavy (non-hydrogen) atoms. The SMILES string of the molecule is CC1CCN(C(C)C(=O)N2CCCCC2)C(CN)C1. The van der Waals surface area contributed by atoms with Gasteiger partial charge in [0.2, 0.25) is 5.91 Å².